The first-order valence-electron chi connectivity index (χ1n) is 2.52. The van der Waals surface area contributed by atoms with E-state index in [1.807, 2.05) is 0 Å². The largest absolute Gasteiger partial charge is 0.263 e. The smallest absolute Gasteiger partial charge is 0.240 e. The van der Waals surface area contributed by atoms with Gasteiger partial charge in [-0.2, -0.15) is 4.99 Å². The fourth-order valence-corrected chi connectivity index (χ4v) is 0.669. The highest BCUT2D eigenvalue weighted by molar-refractivity contribution is 6.32. The summed E-state index contributed by atoms with van der Waals surface area (Å²) in [6.07, 6.45) is 4.30. The molecule has 0 aliphatic heterocycles. The van der Waals surface area contributed by atoms with E-state index in [1.165, 1.54) is 24.5 Å². The van der Waals surface area contributed by atoms with Gasteiger partial charge in [0.05, 0.1) is 10.7 Å². The summed E-state index contributed by atoms with van der Waals surface area (Å²) in [6.45, 7) is 0. The Morgan fingerprint density at radius 1 is 1.70 bits per heavy atom. The van der Waals surface area contributed by atoms with Crippen LogP contribution in [0.15, 0.2) is 23.5 Å². The second-order valence-electron chi connectivity index (χ2n) is 1.53. The van der Waals surface area contributed by atoms with Crippen LogP contribution in [0.5, 0.6) is 0 Å². The Morgan fingerprint density at radius 2 is 2.50 bits per heavy atom. The van der Waals surface area contributed by atoms with Crippen LogP contribution in [0.2, 0.25) is 5.02 Å². The number of halogens is 1. The third kappa shape index (κ3) is 1.41. The fraction of sp³-hybridized carbons (Fsp3) is 0. The van der Waals surface area contributed by atoms with Crippen LogP contribution in [-0.2, 0) is 4.79 Å². The molecular formula is C6H3ClN2O. The molecule has 0 aliphatic carbocycles. The van der Waals surface area contributed by atoms with Crippen molar-refractivity contribution in [2.45, 2.75) is 0 Å². The highest BCUT2D eigenvalue weighted by Gasteiger charge is 1.93. The van der Waals surface area contributed by atoms with Gasteiger partial charge in [-0.25, -0.2) is 4.79 Å². The minimum atomic E-state index is 0.353. The Kier molecular flexibility index (Phi) is 2.15. The molecule has 1 rings (SSSR count). The minimum absolute atomic E-state index is 0.353. The van der Waals surface area contributed by atoms with E-state index in [0.717, 1.165) is 0 Å². The molecule has 0 saturated carbocycles. The van der Waals surface area contributed by atoms with Crippen LogP contribution in [0.1, 0.15) is 0 Å². The van der Waals surface area contributed by atoms with E-state index in [0.29, 0.717) is 10.7 Å². The van der Waals surface area contributed by atoms with Crippen molar-refractivity contribution >= 4 is 23.4 Å². The quantitative estimate of drug-likeness (QED) is 0.457. The van der Waals surface area contributed by atoms with Gasteiger partial charge in [-0.1, -0.05) is 11.6 Å². The Balaban J connectivity index is 3.14. The number of pyridine rings is 1. The molecule has 0 aromatic carbocycles. The lowest BCUT2D eigenvalue weighted by atomic mass is 10.4. The Hall–Kier alpha value is -1.18. The maximum atomic E-state index is 9.76. The van der Waals surface area contributed by atoms with Gasteiger partial charge in [-0.15, -0.1) is 0 Å². The molecule has 0 saturated heterocycles. The molecule has 0 amide bonds. The van der Waals surface area contributed by atoms with Gasteiger partial charge in [0, 0.05) is 12.4 Å². The predicted octanol–water partition coefficient (Wildman–Crippen LogP) is 1.70. The van der Waals surface area contributed by atoms with Crippen molar-refractivity contribution in [3.8, 4) is 0 Å². The van der Waals surface area contributed by atoms with E-state index >= 15 is 0 Å². The van der Waals surface area contributed by atoms with Gasteiger partial charge in [-0.05, 0) is 6.07 Å². The number of aliphatic imine (C=N–C) groups is 1. The third-order valence-electron chi connectivity index (χ3n) is 0.917. The standard InChI is InChI=1S/C6H3ClN2O/c7-5-3-8-2-1-6(5)9-4-10/h1-3H. The van der Waals surface area contributed by atoms with Crippen LogP contribution in [0.3, 0.4) is 0 Å². The summed E-state index contributed by atoms with van der Waals surface area (Å²) in [5.74, 6) is 0. The molecule has 1 aromatic rings. The number of hydrogen-bond donors (Lipinski definition) is 0. The molecule has 0 radical (unpaired) electrons. The van der Waals surface area contributed by atoms with Crippen LogP contribution in [-0.4, -0.2) is 11.1 Å². The van der Waals surface area contributed by atoms with Crippen LogP contribution in [0, 0.1) is 0 Å². The molecule has 3 nitrogen and oxygen atoms in total. The molecule has 0 bridgehead atoms. The summed E-state index contributed by atoms with van der Waals surface area (Å²) in [6, 6.07) is 1.53. The second-order valence-corrected chi connectivity index (χ2v) is 1.94. The topological polar surface area (TPSA) is 42.3 Å². The molecular weight excluding hydrogens is 152 g/mol. The van der Waals surface area contributed by atoms with Crippen molar-refractivity contribution in [2.75, 3.05) is 0 Å². The number of carbonyl (C=O) groups excluding carboxylic acids is 1. The van der Waals surface area contributed by atoms with Crippen molar-refractivity contribution in [2.24, 2.45) is 4.99 Å². The van der Waals surface area contributed by atoms with E-state index < -0.39 is 0 Å². The van der Waals surface area contributed by atoms with Gasteiger partial charge < -0.3 is 0 Å². The van der Waals surface area contributed by atoms with E-state index in [2.05, 4.69) is 9.98 Å². The minimum Gasteiger partial charge on any atom is -0.263 e. The van der Waals surface area contributed by atoms with Crippen LogP contribution in [0.25, 0.3) is 0 Å². The predicted molar refractivity (Wildman–Crippen MR) is 37.0 cm³/mol. The second kappa shape index (κ2) is 3.11. The van der Waals surface area contributed by atoms with E-state index in [-0.39, 0.29) is 0 Å². The van der Waals surface area contributed by atoms with E-state index in [1.54, 1.807) is 0 Å². The summed E-state index contributed by atoms with van der Waals surface area (Å²) in [4.78, 5) is 16.8. The van der Waals surface area contributed by atoms with E-state index in [4.69, 9.17) is 11.6 Å². The highest BCUT2D eigenvalue weighted by Crippen LogP contribution is 2.21. The lowest BCUT2D eigenvalue weighted by molar-refractivity contribution is 0.565. The maximum Gasteiger partial charge on any atom is 0.240 e. The summed E-state index contributed by atoms with van der Waals surface area (Å²) in [5.41, 5.74) is 0.395. The first kappa shape index (κ1) is 6.93. The number of nitrogens with zero attached hydrogens (tertiary/aromatic N) is 2. The van der Waals surface area contributed by atoms with Crippen LogP contribution >= 0.6 is 11.6 Å². The van der Waals surface area contributed by atoms with Gasteiger partial charge in [-0.3, -0.25) is 4.98 Å². The molecule has 0 spiro atoms. The molecule has 0 atom stereocenters. The van der Waals surface area contributed by atoms with Gasteiger partial charge in [0.25, 0.3) is 0 Å². The van der Waals surface area contributed by atoms with Gasteiger partial charge in [0.15, 0.2) is 0 Å². The molecule has 0 unspecified atom stereocenters. The summed E-state index contributed by atoms with van der Waals surface area (Å²) >= 11 is 5.57. The zero-order valence-corrected chi connectivity index (χ0v) is 5.67. The Bertz CT molecular complexity index is 281. The third-order valence-corrected chi connectivity index (χ3v) is 1.21. The van der Waals surface area contributed by atoms with Gasteiger partial charge in [0.1, 0.15) is 0 Å². The Morgan fingerprint density at radius 3 is 3.10 bits per heavy atom. The van der Waals surface area contributed by atoms with Crippen molar-refractivity contribution in [1.82, 2.24) is 4.98 Å². The van der Waals surface area contributed by atoms with Crippen molar-refractivity contribution in [3.05, 3.63) is 23.5 Å². The Labute approximate surface area is 62.4 Å². The van der Waals surface area contributed by atoms with Crippen LogP contribution < -0.4 is 0 Å². The number of isocyanates is 1. The highest BCUT2D eigenvalue weighted by atomic mass is 35.5. The average molecular weight is 155 g/mol. The molecule has 1 aromatic heterocycles. The first-order valence-corrected chi connectivity index (χ1v) is 2.90. The lowest BCUT2D eigenvalue weighted by Crippen LogP contribution is -1.70. The first-order chi connectivity index (χ1) is 4.84. The fourth-order valence-electron chi connectivity index (χ4n) is 0.508. The SMILES string of the molecule is O=C=Nc1ccncc1Cl. The summed E-state index contributed by atoms with van der Waals surface area (Å²) in [7, 11) is 0. The molecule has 0 N–H and O–H groups in total. The zero-order chi connectivity index (χ0) is 7.40. The van der Waals surface area contributed by atoms with Crippen LogP contribution in [0.4, 0.5) is 5.69 Å². The van der Waals surface area contributed by atoms with Gasteiger partial charge >= 0.3 is 0 Å². The van der Waals surface area contributed by atoms with Gasteiger partial charge in [0.2, 0.25) is 6.08 Å². The molecule has 50 valence electrons. The molecule has 1 heterocycles. The maximum absolute atomic E-state index is 9.76. The summed E-state index contributed by atoms with van der Waals surface area (Å²) < 4.78 is 0. The molecule has 0 aliphatic rings. The number of hydrogen-bond acceptors (Lipinski definition) is 3. The normalized spacial score (nSPS) is 8.50. The van der Waals surface area contributed by atoms with Crippen molar-refractivity contribution in [3.63, 3.8) is 0 Å². The van der Waals surface area contributed by atoms with E-state index in [9.17, 15) is 4.79 Å². The molecule has 10 heavy (non-hydrogen) atoms. The lowest BCUT2D eigenvalue weighted by Gasteiger charge is -1.89. The number of rotatable bonds is 1. The zero-order valence-electron chi connectivity index (χ0n) is 4.91. The monoisotopic (exact) mass is 154 g/mol. The number of aromatic nitrogens is 1. The molecule has 0 fully saturated rings. The average Bonchev–Trinajstić information content (AvgIpc) is 1.94. The van der Waals surface area contributed by atoms with Crippen molar-refractivity contribution in [1.29, 1.82) is 0 Å². The molecule has 4 heteroatoms. The summed E-state index contributed by atoms with van der Waals surface area (Å²) in [5, 5.41) is 0.353. The van der Waals surface area contributed by atoms with Crippen molar-refractivity contribution < 1.29 is 4.79 Å².